The summed E-state index contributed by atoms with van der Waals surface area (Å²) in [4.78, 5) is 41.6. The summed E-state index contributed by atoms with van der Waals surface area (Å²) in [5.74, 6) is -1.48. The number of nitrogen functional groups attached to an aromatic ring is 1. The molecule has 4 aromatic rings. The van der Waals surface area contributed by atoms with Gasteiger partial charge in [0.2, 0.25) is 5.91 Å². The van der Waals surface area contributed by atoms with E-state index in [0.29, 0.717) is 46.7 Å². The van der Waals surface area contributed by atoms with Crippen LogP contribution in [0.4, 0.5) is 26.4 Å². The van der Waals surface area contributed by atoms with Gasteiger partial charge in [0.05, 0.1) is 16.8 Å². The summed E-state index contributed by atoms with van der Waals surface area (Å²) in [6.07, 6.45) is 1.98. The quantitative estimate of drug-likeness (QED) is 0.206. The Morgan fingerprint density at radius 3 is 2.53 bits per heavy atom. The number of rotatable bonds is 5. The van der Waals surface area contributed by atoms with Crippen LogP contribution in [0.2, 0.25) is 0 Å². The predicted molar refractivity (Wildman–Crippen MR) is 184 cm³/mol. The first-order chi connectivity index (χ1) is 23.3. The van der Waals surface area contributed by atoms with Gasteiger partial charge in [-0.05, 0) is 89.9 Å². The number of ether oxygens (including phenoxy) is 1. The number of fused-ring (bicyclic) bond motifs is 10. The van der Waals surface area contributed by atoms with Crippen LogP contribution < -0.4 is 16.4 Å². The van der Waals surface area contributed by atoms with Gasteiger partial charge in [-0.2, -0.15) is 0 Å². The van der Waals surface area contributed by atoms with Crippen molar-refractivity contribution in [2.24, 2.45) is 0 Å². The number of anilines is 3. The van der Waals surface area contributed by atoms with Crippen LogP contribution in [-0.2, 0) is 30.7 Å². The molecule has 2 aliphatic heterocycles. The first kappa shape index (κ1) is 35.1. The number of likely N-dealkylation sites (N-methyl/N-ethyl adjacent to an activating group) is 1. The van der Waals surface area contributed by atoms with E-state index in [9.17, 15) is 22.4 Å². The summed E-state index contributed by atoms with van der Waals surface area (Å²) < 4.78 is 46.3. The Hall–Kier alpha value is -5.24. The number of nitrogens with one attached hydrogen (secondary N) is 2. The van der Waals surface area contributed by atoms with E-state index >= 15 is 0 Å². The van der Waals surface area contributed by atoms with Crippen LogP contribution in [0.25, 0.3) is 10.8 Å². The summed E-state index contributed by atoms with van der Waals surface area (Å²) in [7, 11) is -2.03. The van der Waals surface area contributed by atoms with Gasteiger partial charge in [0, 0.05) is 49.4 Å². The maximum absolute atomic E-state index is 14.3. The average Bonchev–Trinajstić information content (AvgIpc) is 3.90. The monoisotopic (exact) mass is 691 g/mol. The highest BCUT2D eigenvalue weighted by molar-refractivity contribution is 7.92. The normalized spacial score (nSPS) is 18.2. The lowest BCUT2D eigenvalue weighted by atomic mass is 9.92. The van der Waals surface area contributed by atoms with E-state index in [4.69, 9.17) is 20.4 Å². The molecule has 1 aromatic heterocycles. The number of aliphatic carboxylic acids is 1. The van der Waals surface area contributed by atoms with Gasteiger partial charge < -0.3 is 25.8 Å². The average molecular weight is 692 g/mol. The van der Waals surface area contributed by atoms with Gasteiger partial charge in [-0.3, -0.25) is 19.3 Å². The molecule has 49 heavy (non-hydrogen) atoms. The number of carbonyl (C=O) groups is 3. The highest BCUT2D eigenvalue weighted by Crippen LogP contribution is 2.37. The predicted octanol–water partition coefficient (Wildman–Crippen LogP) is 5.58. The Bertz CT molecular complexity index is 2020. The second-order valence-electron chi connectivity index (χ2n) is 12.2. The number of amides is 2. The molecule has 14 heteroatoms. The summed E-state index contributed by atoms with van der Waals surface area (Å²) in [6, 6.07) is 16.3. The van der Waals surface area contributed by atoms with Crippen molar-refractivity contribution in [1.82, 2.24) is 9.88 Å². The smallest absolute Gasteiger partial charge is 0.411 e. The minimum absolute atomic E-state index is 0.0379. The molecule has 5 N–H and O–H groups in total. The molecule has 1 saturated carbocycles. The summed E-state index contributed by atoms with van der Waals surface area (Å²) in [5.41, 5.74) is 9.38. The van der Waals surface area contributed by atoms with Gasteiger partial charge in [0.25, 0.3) is 5.97 Å². The van der Waals surface area contributed by atoms with Crippen molar-refractivity contribution in [1.29, 1.82) is 0 Å². The first-order valence-corrected chi connectivity index (χ1v) is 17.2. The van der Waals surface area contributed by atoms with E-state index in [1.165, 1.54) is 17.0 Å². The Morgan fingerprint density at radius 1 is 1.12 bits per heavy atom. The number of benzene rings is 3. The van der Waals surface area contributed by atoms with Crippen LogP contribution in [-0.4, -0.2) is 67.0 Å². The van der Waals surface area contributed by atoms with Gasteiger partial charge in [-0.15, -0.1) is 0 Å². The first-order valence-electron chi connectivity index (χ1n) is 15.6. The number of halogens is 1. The fraction of sp³-hybridized carbons (Fsp3) is 0.314. The van der Waals surface area contributed by atoms with E-state index in [0.717, 1.165) is 23.3 Å². The number of nitrogens with two attached hydrogens (primary N) is 1. The highest BCUT2D eigenvalue weighted by Gasteiger charge is 2.38. The Morgan fingerprint density at radius 2 is 1.86 bits per heavy atom. The minimum Gasteiger partial charge on any atom is -0.481 e. The Kier molecular flexibility index (Phi) is 10.4. The SMILES string of the molecule is CC(=O)O.Cc1cc2ccc1[C@@H](CF)COC(=O)Nc1ccc(S(=O)(=O)C3CC3)c(c1)CN(C)C(=O)[C@@H]2Nc1ccc2c(N)nccc2c1. The van der Waals surface area contributed by atoms with Crippen molar-refractivity contribution < 1.29 is 37.0 Å². The van der Waals surface area contributed by atoms with Crippen molar-refractivity contribution in [3.63, 3.8) is 0 Å². The Balaban J connectivity index is 0.00000111. The lowest BCUT2D eigenvalue weighted by Crippen LogP contribution is -2.35. The van der Waals surface area contributed by atoms with Crippen molar-refractivity contribution in [2.75, 3.05) is 36.7 Å². The number of nitrogens with zero attached hydrogens (tertiary/aromatic N) is 2. The number of pyridine rings is 1. The van der Waals surface area contributed by atoms with Crippen LogP contribution >= 0.6 is 0 Å². The standard InChI is InChI=1S/C33H34FN5O5S.C2H4O2/c1-19-13-21-3-8-27(19)23(16-34)18-44-33(41)38-25-5-10-29(45(42,43)26-6-7-26)22(15-25)17-39(2)32(40)30(21)37-24-4-9-28-20(14-24)11-12-36-31(28)35;1-2(3)4/h3-5,8-15,23,26,30,37H,6-7,16-18H2,1-2H3,(H2,35,36)(H,38,41);1H3,(H,3,4)/t23-,30+;/m0./s1. The van der Waals surface area contributed by atoms with E-state index in [-0.39, 0.29) is 24.0 Å². The zero-order chi connectivity index (χ0) is 35.5. The molecule has 0 radical (unpaired) electrons. The molecule has 0 unspecified atom stereocenters. The summed E-state index contributed by atoms with van der Waals surface area (Å²) >= 11 is 0. The number of sulfone groups is 1. The minimum atomic E-state index is -3.63. The molecule has 2 amide bonds. The molecule has 7 rings (SSSR count). The topological polar surface area (TPSA) is 181 Å². The molecule has 1 aliphatic carbocycles. The molecule has 4 bridgehead atoms. The zero-order valence-electron chi connectivity index (χ0n) is 27.3. The van der Waals surface area contributed by atoms with Crippen molar-refractivity contribution in [2.45, 2.75) is 55.3 Å². The number of alkyl halides is 1. The molecule has 1 fully saturated rings. The van der Waals surface area contributed by atoms with Crippen LogP contribution in [0.5, 0.6) is 0 Å². The highest BCUT2D eigenvalue weighted by atomic mass is 32.2. The van der Waals surface area contributed by atoms with Gasteiger partial charge in [-0.1, -0.05) is 18.2 Å². The lowest BCUT2D eigenvalue weighted by Gasteiger charge is -2.28. The summed E-state index contributed by atoms with van der Waals surface area (Å²) in [5, 5.41) is 14.5. The van der Waals surface area contributed by atoms with Crippen LogP contribution in [0.1, 0.15) is 54.0 Å². The fourth-order valence-electron chi connectivity index (χ4n) is 5.80. The number of carboxylic acid groups (broad SMARTS) is 1. The molecule has 12 nitrogen and oxygen atoms in total. The van der Waals surface area contributed by atoms with Gasteiger partial charge >= 0.3 is 6.09 Å². The van der Waals surface area contributed by atoms with Gasteiger partial charge in [-0.25, -0.2) is 18.2 Å². The number of carbonyl (C=O) groups excluding carboxylic acids is 2. The molecule has 0 saturated heterocycles. The summed E-state index contributed by atoms with van der Waals surface area (Å²) in [6.45, 7) is 1.90. The number of hydrogen-bond donors (Lipinski definition) is 4. The third-order valence-electron chi connectivity index (χ3n) is 8.38. The maximum Gasteiger partial charge on any atom is 0.411 e. The molecule has 258 valence electrons. The van der Waals surface area contributed by atoms with Crippen LogP contribution in [0, 0.1) is 6.92 Å². The number of aryl methyl sites for hydroxylation is 1. The molecule has 3 aliphatic rings. The van der Waals surface area contributed by atoms with E-state index in [2.05, 4.69) is 15.6 Å². The number of aromatic nitrogens is 1. The van der Waals surface area contributed by atoms with Gasteiger partial charge in [0.15, 0.2) is 9.84 Å². The molecular weight excluding hydrogens is 653 g/mol. The van der Waals surface area contributed by atoms with E-state index in [1.807, 2.05) is 37.3 Å². The maximum atomic E-state index is 14.3. The van der Waals surface area contributed by atoms with Gasteiger partial charge in [0.1, 0.15) is 18.5 Å². The van der Waals surface area contributed by atoms with Crippen molar-refractivity contribution in [3.05, 3.63) is 89.1 Å². The third kappa shape index (κ3) is 8.08. The van der Waals surface area contributed by atoms with E-state index in [1.54, 1.807) is 31.4 Å². The molecule has 3 heterocycles. The molecular formula is C35H38FN5O7S. The third-order valence-corrected chi connectivity index (χ3v) is 10.7. The number of hydrogen-bond acceptors (Lipinski definition) is 9. The molecule has 2 atom stereocenters. The molecule has 3 aromatic carbocycles. The van der Waals surface area contributed by atoms with Crippen LogP contribution in [0.15, 0.2) is 71.8 Å². The Labute approximate surface area is 283 Å². The second kappa shape index (κ2) is 14.5. The zero-order valence-corrected chi connectivity index (χ0v) is 28.1. The lowest BCUT2D eigenvalue weighted by molar-refractivity contribution is -0.134. The van der Waals surface area contributed by atoms with Crippen molar-refractivity contribution >= 4 is 55.8 Å². The number of carboxylic acids is 1. The van der Waals surface area contributed by atoms with Crippen molar-refractivity contribution in [3.8, 4) is 0 Å². The molecule has 0 spiro atoms. The van der Waals surface area contributed by atoms with Crippen LogP contribution in [0.3, 0.4) is 0 Å². The second-order valence-corrected chi connectivity index (χ2v) is 14.4. The fourth-order valence-corrected chi connectivity index (χ4v) is 7.66. The van der Waals surface area contributed by atoms with E-state index < -0.39 is 45.8 Å². The largest absolute Gasteiger partial charge is 0.481 e.